The zero-order valence-corrected chi connectivity index (χ0v) is 13.6. The van der Waals surface area contributed by atoms with Gasteiger partial charge in [0.1, 0.15) is 5.75 Å². The molecule has 1 aromatic carbocycles. The maximum atomic E-state index is 11.7. The Morgan fingerprint density at radius 1 is 1.50 bits per heavy atom. The molecule has 1 amide bonds. The minimum Gasteiger partial charge on any atom is -0.483 e. The van der Waals surface area contributed by atoms with Gasteiger partial charge in [-0.2, -0.15) is 0 Å². The predicted molar refractivity (Wildman–Crippen MR) is 79.8 cm³/mol. The number of rotatable bonds is 4. The molecule has 1 saturated heterocycles. The van der Waals surface area contributed by atoms with E-state index in [0.29, 0.717) is 21.7 Å². The van der Waals surface area contributed by atoms with Crippen molar-refractivity contribution in [1.82, 2.24) is 5.32 Å². The zero-order chi connectivity index (χ0) is 14.8. The third-order valence-electron chi connectivity index (χ3n) is 2.85. The molecule has 0 aliphatic carbocycles. The Morgan fingerprint density at radius 3 is 2.85 bits per heavy atom. The van der Waals surface area contributed by atoms with Crippen LogP contribution in [0.3, 0.4) is 0 Å². The topological polar surface area (TPSA) is 72.5 Å². The molecule has 20 heavy (non-hydrogen) atoms. The molecule has 1 aliphatic heterocycles. The average molecular weight is 383 g/mol. The summed E-state index contributed by atoms with van der Waals surface area (Å²) >= 11 is 9.08. The van der Waals surface area contributed by atoms with Crippen LogP contribution in [0.5, 0.6) is 5.75 Å². The SMILES string of the molecule is O=C(COc1ccc(Cl)cc1Br)N[C@@H]1CCS(=O)(=O)C1. The van der Waals surface area contributed by atoms with Crippen molar-refractivity contribution in [2.24, 2.45) is 0 Å². The number of sulfone groups is 1. The lowest BCUT2D eigenvalue weighted by atomic mass is 10.2. The lowest BCUT2D eigenvalue weighted by Gasteiger charge is -2.12. The van der Waals surface area contributed by atoms with Crippen molar-refractivity contribution in [2.45, 2.75) is 12.5 Å². The third-order valence-corrected chi connectivity index (χ3v) is 5.47. The molecule has 1 fully saturated rings. The van der Waals surface area contributed by atoms with Gasteiger partial charge in [0.2, 0.25) is 0 Å². The van der Waals surface area contributed by atoms with Crippen LogP contribution in [0.2, 0.25) is 5.02 Å². The van der Waals surface area contributed by atoms with E-state index < -0.39 is 9.84 Å². The van der Waals surface area contributed by atoms with Gasteiger partial charge in [0, 0.05) is 11.1 Å². The van der Waals surface area contributed by atoms with E-state index in [0.717, 1.165) is 0 Å². The van der Waals surface area contributed by atoms with E-state index in [1.165, 1.54) is 0 Å². The summed E-state index contributed by atoms with van der Waals surface area (Å²) in [6.07, 6.45) is 0.457. The fourth-order valence-electron chi connectivity index (χ4n) is 1.91. The Bertz CT molecular complexity index is 620. The van der Waals surface area contributed by atoms with Crippen molar-refractivity contribution in [2.75, 3.05) is 18.1 Å². The highest BCUT2D eigenvalue weighted by molar-refractivity contribution is 9.10. The molecule has 2 rings (SSSR count). The van der Waals surface area contributed by atoms with Gasteiger partial charge in [-0.25, -0.2) is 8.42 Å². The first-order valence-electron chi connectivity index (χ1n) is 5.93. The van der Waals surface area contributed by atoms with Gasteiger partial charge < -0.3 is 10.1 Å². The molecule has 110 valence electrons. The second-order valence-corrected chi connectivity index (χ2v) is 8.05. The number of carbonyl (C=O) groups is 1. The largest absolute Gasteiger partial charge is 0.483 e. The highest BCUT2D eigenvalue weighted by Gasteiger charge is 2.28. The third kappa shape index (κ3) is 4.36. The molecule has 1 N–H and O–H groups in total. The number of nitrogens with one attached hydrogen (secondary N) is 1. The van der Waals surface area contributed by atoms with Crippen molar-refractivity contribution in [1.29, 1.82) is 0 Å². The lowest BCUT2D eigenvalue weighted by Crippen LogP contribution is -2.38. The molecule has 0 saturated carbocycles. The van der Waals surface area contributed by atoms with Gasteiger partial charge in [0.15, 0.2) is 16.4 Å². The maximum Gasteiger partial charge on any atom is 0.258 e. The van der Waals surface area contributed by atoms with Crippen molar-refractivity contribution in [3.8, 4) is 5.75 Å². The Balaban J connectivity index is 1.84. The smallest absolute Gasteiger partial charge is 0.258 e. The van der Waals surface area contributed by atoms with Crippen LogP contribution in [0.4, 0.5) is 0 Å². The van der Waals surface area contributed by atoms with Gasteiger partial charge >= 0.3 is 0 Å². The fraction of sp³-hybridized carbons (Fsp3) is 0.417. The minimum absolute atomic E-state index is 0.00335. The summed E-state index contributed by atoms with van der Waals surface area (Å²) < 4.78 is 28.6. The standard InChI is InChI=1S/C12H13BrClNO4S/c13-10-5-8(14)1-2-11(10)19-6-12(16)15-9-3-4-20(17,18)7-9/h1-2,5,9H,3-4,6-7H2,(H,15,16)/t9-/m1/s1. The number of hydrogen-bond donors (Lipinski definition) is 1. The number of halogens is 2. The molecule has 0 aromatic heterocycles. The van der Waals surface area contributed by atoms with Crippen molar-refractivity contribution in [3.05, 3.63) is 27.7 Å². The lowest BCUT2D eigenvalue weighted by molar-refractivity contribution is -0.123. The first kappa shape index (κ1) is 15.6. The molecule has 1 heterocycles. The quantitative estimate of drug-likeness (QED) is 0.861. The summed E-state index contributed by atoms with van der Waals surface area (Å²) in [5.74, 6) is 0.294. The molecule has 0 radical (unpaired) electrons. The summed E-state index contributed by atoms with van der Waals surface area (Å²) in [5.41, 5.74) is 0. The Labute approximate surface area is 130 Å². The number of benzene rings is 1. The Kier molecular flexibility index (Phi) is 4.93. The molecule has 1 aromatic rings. The number of hydrogen-bond acceptors (Lipinski definition) is 4. The highest BCUT2D eigenvalue weighted by atomic mass is 79.9. The fourth-order valence-corrected chi connectivity index (χ4v) is 4.38. The Hall–Kier alpha value is -0.790. The van der Waals surface area contributed by atoms with Crippen LogP contribution in [0, 0.1) is 0 Å². The maximum absolute atomic E-state index is 11.7. The highest BCUT2D eigenvalue weighted by Crippen LogP contribution is 2.27. The zero-order valence-electron chi connectivity index (χ0n) is 10.4. The molecule has 5 nitrogen and oxygen atoms in total. The van der Waals surface area contributed by atoms with Crippen LogP contribution < -0.4 is 10.1 Å². The number of carbonyl (C=O) groups excluding carboxylic acids is 1. The summed E-state index contributed by atoms with van der Waals surface area (Å²) in [5, 5.41) is 3.21. The van der Waals surface area contributed by atoms with Gasteiger partial charge in [-0.15, -0.1) is 0 Å². The van der Waals surface area contributed by atoms with E-state index >= 15 is 0 Å². The first-order chi connectivity index (χ1) is 9.35. The molecule has 1 aliphatic rings. The molecule has 0 spiro atoms. The molecular formula is C12H13BrClNO4S. The van der Waals surface area contributed by atoms with Crippen molar-refractivity contribution in [3.63, 3.8) is 0 Å². The van der Waals surface area contributed by atoms with E-state index in [4.69, 9.17) is 16.3 Å². The summed E-state index contributed by atoms with van der Waals surface area (Å²) in [6.45, 7) is -0.170. The van der Waals surface area contributed by atoms with Gasteiger partial charge in [-0.05, 0) is 40.5 Å². The molecule has 0 unspecified atom stereocenters. The molecule has 0 bridgehead atoms. The monoisotopic (exact) mass is 381 g/mol. The Morgan fingerprint density at radius 2 is 2.25 bits per heavy atom. The van der Waals surface area contributed by atoms with E-state index in [2.05, 4.69) is 21.2 Å². The minimum atomic E-state index is -3.00. The first-order valence-corrected chi connectivity index (χ1v) is 8.92. The van der Waals surface area contributed by atoms with E-state index in [1.54, 1.807) is 18.2 Å². The van der Waals surface area contributed by atoms with Crippen LogP contribution in [0.25, 0.3) is 0 Å². The van der Waals surface area contributed by atoms with E-state index in [-0.39, 0.29) is 30.1 Å². The second kappa shape index (κ2) is 6.32. The summed E-state index contributed by atoms with van der Waals surface area (Å²) in [7, 11) is -3.00. The predicted octanol–water partition coefficient (Wildman–Crippen LogP) is 1.78. The number of ether oxygens (including phenoxy) is 1. The van der Waals surface area contributed by atoms with Gasteiger partial charge in [-0.3, -0.25) is 4.79 Å². The van der Waals surface area contributed by atoms with Crippen LogP contribution in [-0.2, 0) is 14.6 Å². The number of amides is 1. The van der Waals surface area contributed by atoms with Gasteiger partial charge in [0.05, 0.1) is 16.0 Å². The normalized spacial score (nSPS) is 20.6. The van der Waals surface area contributed by atoms with Crippen LogP contribution in [0.15, 0.2) is 22.7 Å². The van der Waals surface area contributed by atoms with Crippen LogP contribution >= 0.6 is 27.5 Å². The van der Waals surface area contributed by atoms with E-state index in [1.807, 2.05) is 0 Å². The van der Waals surface area contributed by atoms with Gasteiger partial charge in [-0.1, -0.05) is 11.6 Å². The van der Waals surface area contributed by atoms with Crippen molar-refractivity contribution < 1.29 is 17.9 Å². The van der Waals surface area contributed by atoms with Crippen LogP contribution in [0.1, 0.15) is 6.42 Å². The van der Waals surface area contributed by atoms with Crippen LogP contribution in [-0.4, -0.2) is 38.5 Å². The second-order valence-electron chi connectivity index (χ2n) is 4.53. The molecular weight excluding hydrogens is 370 g/mol. The summed E-state index contributed by atoms with van der Waals surface area (Å²) in [6, 6.07) is 4.66. The van der Waals surface area contributed by atoms with E-state index in [9.17, 15) is 13.2 Å². The summed E-state index contributed by atoms with van der Waals surface area (Å²) in [4.78, 5) is 11.7. The molecule has 8 heteroatoms. The van der Waals surface area contributed by atoms with Gasteiger partial charge in [0.25, 0.3) is 5.91 Å². The molecule has 1 atom stereocenters. The van der Waals surface area contributed by atoms with Crippen molar-refractivity contribution >= 4 is 43.3 Å². The average Bonchev–Trinajstić information content (AvgIpc) is 2.67.